The first-order valence-electron chi connectivity index (χ1n) is 6.42. The lowest BCUT2D eigenvalue weighted by atomic mass is 10.0. The minimum absolute atomic E-state index is 0.155. The number of carbonyl (C=O) groups excluding carboxylic acids is 1. The molecule has 1 aliphatic rings. The number of rotatable bonds is 4. The summed E-state index contributed by atoms with van der Waals surface area (Å²) in [6.07, 6.45) is 0.547. The summed E-state index contributed by atoms with van der Waals surface area (Å²) in [7, 11) is 0. The van der Waals surface area contributed by atoms with Crippen LogP contribution >= 0.6 is 0 Å². The van der Waals surface area contributed by atoms with Crippen molar-refractivity contribution in [3.8, 4) is 5.75 Å². The van der Waals surface area contributed by atoms with E-state index in [4.69, 9.17) is 10.5 Å². The molecular formula is C14H20N2O2. The Bertz CT molecular complexity index is 416. The standard InChI is InChI=1S/C14H20N2O2/c1-3-18-13-6-4-12(5-7-13)16-10(2)11(9-15)8-14(16)17/h4-7,10-11H,3,8-9,15H2,1-2H3. The second-order valence-electron chi connectivity index (χ2n) is 4.63. The van der Waals surface area contributed by atoms with E-state index in [0.717, 1.165) is 11.4 Å². The van der Waals surface area contributed by atoms with Gasteiger partial charge in [0, 0.05) is 24.1 Å². The first-order valence-corrected chi connectivity index (χ1v) is 6.42. The maximum absolute atomic E-state index is 12.0. The molecule has 1 amide bonds. The van der Waals surface area contributed by atoms with E-state index in [2.05, 4.69) is 6.92 Å². The van der Waals surface area contributed by atoms with Gasteiger partial charge >= 0.3 is 0 Å². The Balaban J connectivity index is 2.18. The molecule has 0 aromatic heterocycles. The summed E-state index contributed by atoms with van der Waals surface area (Å²) in [4.78, 5) is 13.8. The third-order valence-electron chi connectivity index (χ3n) is 3.52. The smallest absolute Gasteiger partial charge is 0.227 e. The van der Waals surface area contributed by atoms with Gasteiger partial charge in [0.25, 0.3) is 0 Å². The number of amides is 1. The van der Waals surface area contributed by atoms with Crippen molar-refractivity contribution in [3.63, 3.8) is 0 Å². The maximum atomic E-state index is 12.0. The average molecular weight is 248 g/mol. The van der Waals surface area contributed by atoms with E-state index in [9.17, 15) is 4.79 Å². The van der Waals surface area contributed by atoms with Crippen molar-refractivity contribution in [2.24, 2.45) is 11.7 Å². The van der Waals surface area contributed by atoms with Gasteiger partial charge in [0.1, 0.15) is 5.75 Å². The fourth-order valence-corrected chi connectivity index (χ4v) is 2.46. The van der Waals surface area contributed by atoms with Crippen LogP contribution in [0.3, 0.4) is 0 Å². The van der Waals surface area contributed by atoms with Crippen LogP contribution in [0.15, 0.2) is 24.3 Å². The molecule has 2 N–H and O–H groups in total. The number of nitrogens with zero attached hydrogens (tertiary/aromatic N) is 1. The molecule has 0 saturated carbocycles. The van der Waals surface area contributed by atoms with Gasteiger partial charge in [0.15, 0.2) is 0 Å². The molecule has 1 saturated heterocycles. The first-order chi connectivity index (χ1) is 8.67. The molecule has 4 heteroatoms. The normalized spacial score (nSPS) is 23.5. The molecule has 18 heavy (non-hydrogen) atoms. The van der Waals surface area contributed by atoms with Gasteiger partial charge < -0.3 is 15.4 Å². The van der Waals surface area contributed by atoms with Gasteiger partial charge in [-0.05, 0) is 44.7 Å². The summed E-state index contributed by atoms with van der Waals surface area (Å²) in [6.45, 7) is 5.21. The molecule has 0 radical (unpaired) electrons. The summed E-state index contributed by atoms with van der Waals surface area (Å²) >= 11 is 0. The van der Waals surface area contributed by atoms with E-state index < -0.39 is 0 Å². The topological polar surface area (TPSA) is 55.6 Å². The van der Waals surface area contributed by atoms with Gasteiger partial charge in [-0.2, -0.15) is 0 Å². The molecule has 1 heterocycles. The fraction of sp³-hybridized carbons (Fsp3) is 0.500. The number of benzene rings is 1. The Morgan fingerprint density at radius 1 is 1.39 bits per heavy atom. The lowest BCUT2D eigenvalue weighted by molar-refractivity contribution is -0.117. The average Bonchev–Trinajstić information content (AvgIpc) is 2.66. The zero-order chi connectivity index (χ0) is 13.1. The van der Waals surface area contributed by atoms with E-state index >= 15 is 0 Å². The first kappa shape index (κ1) is 12.9. The minimum atomic E-state index is 0.155. The fourth-order valence-electron chi connectivity index (χ4n) is 2.46. The molecule has 2 rings (SSSR count). The number of hydrogen-bond donors (Lipinski definition) is 1. The van der Waals surface area contributed by atoms with E-state index in [1.165, 1.54) is 0 Å². The van der Waals surface area contributed by atoms with Crippen LogP contribution in [0.1, 0.15) is 20.3 Å². The third-order valence-corrected chi connectivity index (χ3v) is 3.52. The molecule has 4 nitrogen and oxygen atoms in total. The second-order valence-corrected chi connectivity index (χ2v) is 4.63. The molecule has 0 bridgehead atoms. The van der Waals surface area contributed by atoms with Crippen molar-refractivity contribution in [2.75, 3.05) is 18.1 Å². The Kier molecular flexibility index (Phi) is 3.87. The highest BCUT2D eigenvalue weighted by Crippen LogP contribution is 2.31. The third kappa shape index (κ3) is 2.34. The largest absolute Gasteiger partial charge is 0.494 e. The Hall–Kier alpha value is -1.55. The Labute approximate surface area is 108 Å². The van der Waals surface area contributed by atoms with Gasteiger partial charge in [-0.3, -0.25) is 4.79 Å². The van der Waals surface area contributed by atoms with Gasteiger partial charge in [-0.15, -0.1) is 0 Å². The summed E-state index contributed by atoms with van der Waals surface area (Å²) in [5, 5.41) is 0. The molecule has 1 aromatic rings. The number of ether oxygens (including phenoxy) is 1. The predicted molar refractivity (Wildman–Crippen MR) is 71.7 cm³/mol. The van der Waals surface area contributed by atoms with Gasteiger partial charge in [-0.25, -0.2) is 0 Å². The van der Waals surface area contributed by atoms with Crippen molar-refractivity contribution in [3.05, 3.63) is 24.3 Å². The highest BCUT2D eigenvalue weighted by molar-refractivity contribution is 5.96. The zero-order valence-corrected chi connectivity index (χ0v) is 10.9. The Morgan fingerprint density at radius 2 is 2.06 bits per heavy atom. The highest BCUT2D eigenvalue weighted by atomic mass is 16.5. The zero-order valence-electron chi connectivity index (χ0n) is 10.9. The van der Waals surface area contributed by atoms with Gasteiger partial charge in [-0.1, -0.05) is 0 Å². The molecule has 2 atom stereocenters. The van der Waals surface area contributed by atoms with E-state index in [0.29, 0.717) is 19.6 Å². The van der Waals surface area contributed by atoms with Crippen LogP contribution in [0.5, 0.6) is 5.75 Å². The summed E-state index contributed by atoms with van der Waals surface area (Å²) in [5.74, 6) is 1.24. The summed E-state index contributed by atoms with van der Waals surface area (Å²) < 4.78 is 5.40. The van der Waals surface area contributed by atoms with Crippen LogP contribution < -0.4 is 15.4 Å². The molecule has 1 aliphatic heterocycles. The molecule has 0 aliphatic carbocycles. The van der Waals surface area contributed by atoms with E-state index in [1.807, 2.05) is 36.1 Å². The van der Waals surface area contributed by atoms with Crippen LogP contribution in [0.4, 0.5) is 5.69 Å². The van der Waals surface area contributed by atoms with Crippen LogP contribution in [-0.4, -0.2) is 25.1 Å². The minimum Gasteiger partial charge on any atom is -0.494 e. The molecule has 1 aromatic carbocycles. The van der Waals surface area contributed by atoms with Gasteiger partial charge in [0.2, 0.25) is 5.91 Å². The lowest BCUT2D eigenvalue weighted by Crippen LogP contribution is -2.34. The number of hydrogen-bond acceptors (Lipinski definition) is 3. The quantitative estimate of drug-likeness (QED) is 0.883. The summed E-state index contributed by atoms with van der Waals surface area (Å²) in [6, 6.07) is 7.82. The van der Waals surface area contributed by atoms with Crippen molar-refractivity contribution in [2.45, 2.75) is 26.3 Å². The van der Waals surface area contributed by atoms with E-state index in [1.54, 1.807) is 0 Å². The number of anilines is 1. The van der Waals surface area contributed by atoms with Crippen molar-refractivity contribution in [1.29, 1.82) is 0 Å². The van der Waals surface area contributed by atoms with E-state index in [-0.39, 0.29) is 17.9 Å². The van der Waals surface area contributed by atoms with Crippen molar-refractivity contribution in [1.82, 2.24) is 0 Å². The number of carbonyl (C=O) groups is 1. The molecule has 2 unspecified atom stereocenters. The second kappa shape index (κ2) is 5.40. The molecule has 0 spiro atoms. The monoisotopic (exact) mass is 248 g/mol. The summed E-state index contributed by atoms with van der Waals surface area (Å²) in [5.41, 5.74) is 6.61. The van der Waals surface area contributed by atoms with Crippen LogP contribution in [0.2, 0.25) is 0 Å². The Morgan fingerprint density at radius 3 is 2.56 bits per heavy atom. The van der Waals surface area contributed by atoms with Crippen molar-refractivity contribution >= 4 is 11.6 Å². The van der Waals surface area contributed by atoms with Crippen molar-refractivity contribution < 1.29 is 9.53 Å². The lowest BCUT2D eigenvalue weighted by Gasteiger charge is -2.24. The van der Waals surface area contributed by atoms with Crippen LogP contribution in [-0.2, 0) is 4.79 Å². The van der Waals surface area contributed by atoms with Crippen LogP contribution in [0, 0.1) is 5.92 Å². The maximum Gasteiger partial charge on any atom is 0.227 e. The SMILES string of the molecule is CCOc1ccc(N2C(=O)CC(CN)C2C)cc1. The predicted octanol–water partition coefficient (Wildman–Crippen LogP) is 1.79. The van der Waals surface area contributed by atoms with Gasteiger partial charge in [0.05, 0.1) is 6.61 Å². The molecule has 1 fully saturated rings. The van der Waals surface area contributed by atoms with Crippen LogP contribution in [0.25, 0.3) is 0 Å². The molecular weight excluding hydrogens is 228 g/mol. The highest BCUT2D eigenvalue weighted by Gasteiger charge is 2.36. The molecule has 98 valence electrons. The number of nitrogens with two attached hydrogens (primary N) is 1.